The second-order valence-electron chi connectivity index (χ2n) is 6.55. The number of nitrogens with zero attached hydrogens (tertiary/aromatic N) is 1. The number of benzene rings is 1. The third-order valence-corrected chi connectivity index (χ3v) is 5.10. The van der Waals surface area contributed by atoms with Crippen molar-refractivity contribution in [3.05, 3.63) is 34.9 Å². The summed E-state index contributed by atoms with van der Waals surface area (Å²) in [5.74, 6) is -0.771. The Balaban J connectivity index is 1.55. The molecule has 0 aliphatic heterocycles. The van der Waals surface area contributed by atoms with Crippen molar-refractivity contribution >= 4 is 11.9 Å². The maximum atomic E-state index is 12.5. The van der Waals surface area contributed by atoms with Crippen LogP contribution in [-0.4, -0.2) is 47.1 Å². The molecule has 0 radical (unpaired) electrons. The van der Waals surface area contributed by atoms with Crippen molar-refractivity contribution in [3.8, 4) is 0 Å². The van der Waals surface area contributed by atoms with Gasteiger partial charge in [0.05, 0.1) is 6.54 Å². The third-order valence-electron chi connectivity index (χ3n) is 5.10. The lowest BCUT2D eigenvalue weighted by atomic mass is 9.85. The zero-order valence-corrected chi connectivity index (χ0v) is 13.5. The van der Waals surface area contributed by atoms with Gasteiger partial charge in [0.1, 0.15) is 0 Å². The highest BCUT2D eigenvalue weighted by molar-refractivity contribution is 5.96. The monoisotopic (exact) mass is 316 g/mol. The lowest BCUT2D eigenvalue weighted by Gasteiger charge is -2.42. The fourth-order valence-corrected chi connectivity index (χ4v) is 3.77. The van der Waals surface area contributed by atoms with Gasteiger partial charge >= 0.3 is 5.97 Å². The molecular weight excluding hydrogens is 292 g/mol. The topological polar surface area (TPSA) is 69.6 Å². The number of carbonyl (C=O) groups excluding carboxylic acids is 1. The van der Waals surface area contributed by atoms with Gasteiger partial charge in [0.25, 0.3) is 5.91 Å². The van der Waals surface area contributed by atoms with E-state index in [1.54, 1.807) is 0 Å². The SMILES string of the molecule is CCN(CC(=O)O)C1CC(NC(=O)c2cccc3c2CCC3)C1. The molecular formula is C18H24N2O3. The molecule has 2 aliphatic rings. The van der Waals surface area contributed by atoms with Gasteiger partial charge in [0.15, 0.2) is 0 Å². The summed E-state index contributed by atoms with van der Waals surface area (Å²) in [6.45, 7) is 2.78. The molecule has 0 unspecified atom stereocenters. The highest BCUT2D eigenvalue weighted by Gasteiger charge is 2.35. The number of fused-ring (bicyclic) bond motifs is 1. The van der Waals surface area contributed by atoms with Gasteiger partial charge in [-0.05, 0) is 55.8 Å². The maximum absolute atomic E-state index is 12.5. The average Bonchev–Trinajstić information content (AvgIpc) is 2.96. The summed E-state index contributed by atoms with van der Waals surface area (Å²) in [7, 11) is 0. The molecule has 1 saturated carbocycles. The summed E-state index contributed by atoms with van der Waals surface area (Å²) in [6, 6.07) is 6.42. The van der Waals surface area contributed by atoms with Gasteiger partial charge in [-0.3, -0.25) is 14.5 Å². The fraction of sp³-hybridized carbons (Fsp3) is 0.556. The van der Waals surface area contributed by atoms with Crippen LogP contribution >= 0.6 is 0 Å². The van der Waals surface area contributed by atoms with Crippen molar-refractivity contribution in [2.45, 2.75) is 51.1 Å². The van der Waals surface area contributed by atoms with E-state index < -0.39 is 5.97 Å². The van der Waals surface area contributed by atoms with Crippen molar-refractivity contribution in [3.63, 3.8) is 0 Å². The van der Waals surface area contributed by atoms with Crippen LogP contribution in [0, 0.1) is 0 Å². The second-order valence-corrected chi connectivity index (χ2v) is 6.55. The average molecular weight is 316 g/mol. The number of aryl methyl sites for hydroxylation is 1. The van der Waals surface area contributed by atoms with Gasteiger partial charge in [-0.2, -0.15) is 0 Å². The molecule has 0 spiro atoms. The molecule has 1 aromatic carbocycles. The Bertz CT molecular complexity index is 608. The zero-order chi connectivity index (χ0) is 16.4. The van der Waals surface area contributed by atoms with Gasteiger partial charge in [-0.15, -0.1) is 0 Å². The number of carbonyl (C=O) groups is 2. The van der Waals surface area contributed by atoms with Crippen LogP contribution in [-0.2, 0) is 17.6 Å². The van der Waals surface area contributed by atoms with E-state index >= 15 is 0 Å². The summed E-state index contributed by atoms with van der Waals surface area (Å²) in [5.41, 5.74) is 3.34. The molecule has 0 bridgehead atoms. The smallest absolute Gasteiger partial charge is 0.317 e. The van der Waals surface area contributed by atoms with Crippen LogP contribution < -0.4 is 5.32 Å². The largest absolute Gasteiger partial charge is 0.480 e. The van der Waals surface area contributed by atoms with E-state index in [-0.39, 0.29) is 24.5 Å². The molecule has 5 heteroatoms. The van der Waals surface area contributed by atoms with Crippen molar-refractivity contribution in [1.29, 1.82) is 0 Å². The number of carboxylic acids is 1. The van der Waals surface area contributed by atoms with Crippen molar-refractivity contribution in [2.75, 3.05) is 13.1 Å². The van der Waals surface area contributed by atoms with Crippen molar-refractivity contribution in [2.24, 2.45) is 0 Å². The maximum Gasteiger partial charge on any atom is 0.317 e. The third kappa shape index (κ3) is 3.39. The standard InChI is InChI=1S/C18H24N2O3/c1-2-20(11-17(21)22)14-9-13(10-14)19-18(23)16-8-4-6-12-5-3-7-15(12)16/h4,6,8,13-14H,2-3,5,7,9-11H2,1H3,(H,19,23)(H,21,22). The minimum absolute atomic E-state index is 0.0217. The predicted octanol–water partition coefficient (Wildman–Crippen LogP) is 1.84. The van der Waals surface area contributed by atoms with Gasteiger partial charge in [-0.25, -0.2) is 0 Å². The molecule has 1 fully saturated rings. The van der Waals surface area contributed by atoms with Crippen LogP contribution in [0.5, 0.6) is 0 Å². The quantitative estimate of drug-likeness (QED) is 0.840. The molecule has 1 aromatic rings. The first kappa shape index (κ1) is 16.0. The number of rotatable bonds is 6. The van der Waals surface area contributed by atoms with Gasteiger partial charge < -0.3 is 10.4 Å². The Kier molecular flexibility index (Phi) is 4.66. The minimum Gasteiger partial charge on any atom is -0.480 e. The van der Waals surface area contributed by atoms with Crippen LogP contribution in [0.4, 0.5) is 0 Å². The number of aliphatic carboxylic acids is 1. The van der Waals surface area contributed by atoms with E-state index in [0.29, 0.717) is 0 Å². The van der Waals surface area contributed by atoms with Gasteiger partial charge in [-0.1, -0.05) is 19.1 Å². The van der Waals surface area contributed by atoms with Crippen LogP contribution in [0.1, 0.15) is 47.7 Å². The first-order chi connectivity index (χ1) is 11.1. The van der Waals surface area contributed by atoms with E-state index in [4.69, 9.17) is 5.11 Å². The minimum atomic E-state index is -0.792. The summed E-state index contributed by atoms with van der Waals surface area (Å²) in [5, 5.41) is 12.0. The van der Waals surface area contributed by atoms with Crippen LogP contribution in [0.25, 0.3) is 0 Å². The second kappa shape index (κ2) is 6.71. The van der Waals surface area contributed by atoms with Gasteiger partial charge in [0, 0.05) is 17.6 Å². The van der Waals surface area contributed by atoms with Crippen molar-refractivity contribution in [1.82, 2.24) is 10.2 Å². The van der Waals surface area contributed by atoms with Gasteiger partial charge in [0.2, 0.25) is 0 Å². The van der Waals surface area contributed by atoms with E-state index in [1.807, 2.05) is 24.0 Å². The van der Waals surface area contributed by atoms with E-state index in [9.17, 15) is 9.59 Å². The van der Waals surface area contributed by atoms with Crippen molar-refractivity contribution < 1.29 is 14.7 Å². The van der Waals surface area contributed by atoms with Crippen LogP contribution in [0.15, 0.2) is 18.2 Å². The Morgan fingerprint density at radius 2 is 2.09 bits per heavy atom. The first-order valence-electron chi connectivity index (χ1n) is 8.46. The molecule has 0 atom stereocenters. The van der Waals surface area contributed by atoms with Crippen LogP contribution in [0.2, 0.25) is 0 Å². The number of carboxylic acid groups (broad SMARTS) is 1. The number of amides is 1. The highest BCUT2D eigenvalue weighted by Crippen LogP contribution is 2.28. The van der Waals surface area contributed by atoms with Crippen LogP contribution in [0.3, 0.4) is 0 Å². The fourth-order valence-electron chi connectivity index (χ4n) is 3.77. The zero-order valence-electron chi connectivity index (χ0n) is 13.5. The molecule has 0 saturated heterocycles. The predicted molar refractivity (Wildman–Crippen MR) is 87.6 cm³/mol. The molecule has 3 rings (SSSR count). The molecule has 2 N–H and O–H groups in total. The summed E-state index contributed by atoms with van der Waals surface area (Å²) in [6.07, 6.45) is 4.87. The molecule has 124 valence electrons. The molecule has 0 heterocycles. The highest BCUT2D eigenvalue weighted by atomic mass is 16.4. The molecule has 23 heavy (non-hydrogen) atoms. The Morgan fingerprint density at radius 3 is 2.78 bits per heavy atom. The first-order valence-corrected chi connectivity index (χ1v) is 8.46. The number of nitrogens with one attached hydrogen (secondary N) is 1. The molecule has 2 aliphatic carbocycles. The normalized spacial score (nSPS) is 22.5. The number of hydrogen-bond donors (Lipinski definition) is 2. The molecule has 0 aromatic heterocycles. The number of hydrogen-bond acceptors (Lipinski definition) is 3. The Hall–Kier alpha value is -1.88. The number of likely N-dealkylation sites (N-methyl/N-ethyl adjacent to an activating group) is 1. The van der Waals surface area contributed by atoms with E-state index in [1.165, 1.54) is 11.1 Å². The lowest BCUT2D eigenvalue weighted by Crippen LogP contribution is -2.54. The summed E-state index contributed by atoms with van der Waals surface area (Å²) >= 11 is 0. The summed E-state index contributed by atoms with van der Waals surface area (Å²) in [4.78, 5) is 25.3. The van der Waals surface area contributed by atoms with E-state index in [2.05, 4.69) is 11.4 Å². The molecule has 5 nitrogen and oxygen atoms in total. The Morgan fingerprint density at radius 1 is 1.30 bits per heavy atom. The molecule has 1 amide bonds. The summed E-state index contributed by atoms with van der Waals surface area (Å²) < 4.78 is 0. The Labute approximate surface area is 136 Å². The lowest BCUT2D eigenvalue weighted by molar-refractivity contribution is -0.139. The van der Waals surface area contributed by atoms with E-state index in [0.717, 1.165) is 44.2 Å².